The Bertz CT molecular complexity index is 1180. The number of hydrogen-bond donors (Lipinski definition) is 1. The van der Waals surface area contributed by atoms with Gasteiger partial charge < -0.3 is 10.1 Å². The van der Waals surface area contributed by atoms with Crippen LogP contribution in [0.4, 0.5) is 8.78 Å². The molecule has 31 heavy (non-hydrogen) atoms. The Morgan fingerprint density at radius 3 is 2.58 bits per heavy atom. The number of allylic oxidation sites excluding steroid dienone is 4. The van der Waals surface area contributed by atoms with Crippen LogP contribution in [-0.4, -0.2) is 10.9 Å². The fraction of sp³-hybridized carbons (Fsp3) is 0.120. The van der Waals surface area contributed by atoms with E-state index in [1.165, 1.54) is 12.1 Å². The van der Waals surface area contributed by atoms with Gasteiger partial charge in [0.15, 0.2) is 0 Å². The van der Waals surface area contributed by atoms with Gasteiger partial charge in [0.05, 0.1) is 5.69 Å². The topological polar surface area (TPSA) is 51.2 Å². The normalized spacial score (nSPS) is 12.5. The van der Waals surface area contributed by atoms with E-state index in [1.54, 1.807) is 30.5 Å². The number of halogens is 2. The molecule has 1 aliphatic rings. The molecule has 1 aliphatic carbocycles. The molecule has 156 valence electrons. The van der Waals surface area contributed by atoms with Gasteiger partial charge in [-0.1, -0.05) is 24.3 Å². The number of amides is 1. The van der Waals surface area contributed by atoms with Crippen LogP contribution in [0.1, 0.15) is 33.6 Å². The predicted octanol–water partition coefficient (Wildman–Crippen LogP) is 5.73. The quantitative estimate of drug-likeness (QED) is 0.556. The molecule has 0 aliphatic heterocycles. The van der Waals surface area contributed by atoms with Crippen LogP contribution in [0.25, 0.3) is 5.57 Å². The van der Waals surface area contributed by atoms with Gasteiger partial charge in [-0.25, -0.2) is 8.78 Å². The highest BCUT2D eigenvalue weighted by Gasteiger charge is 2.12. The molecule has 1 aromatic heterocycles. The second-order valence-corrected chi connectivity index (χ2v) is 7.21. The molecule has 0 bridgehead atoms. The zero-order valence-corrected chi connectivity index (χ0v) is 16.9. The zero-order valence-electron chi connectivity index (χ0n) is 16.9. The summed E-state index contributed by atoms with van der Waals surface area (Å²) in [5.74, 6) is -0.616. The highest BCUT2D eigenvalue weighted by Crippen LogP contribution is 2.27. The molecule has 3 aromatic rings. The number of hydrogen-bond acceptors (Lipinski definition) is 3. The van der Waals surface area contributed by atoms with E-state index in [0.717, 1.165) is 29.3 Å². The monoisotopic (exact) mass is 418 g/mol. The largest absolute Gasteiger partial charge is 0.457 e. The smallest absolute Gasteiger partial charge is 0.251 e. The van der Waals surface area contributed by atoms with Gasteiger partial charge in [0.2, 0.25) is 0 Å². The Hall–Kier alpha value is -3.80. The fourth-order valence-electron chi connectivity index (χ4n) is 3.32. The van der Waals surface area contributed by atoms with Crippen LogP contribution in [-0.2, 0) is 6.54 Å². The second kappa shape index (κ2) is 8.92. The molecule has 4 rings (SSSR count). The van der Waals surface area contributed by atoms with Gasteiger partial charge in [0, 0.05) is 30.4 Å². The van der Waals surface area contributed by atoms with Gasteiger partial charge in [-0.15, -0.1) is 0 Å². The molecule has 0 radical (unpaired) electrons. The number of rotatable bonds is 6. The molecule has 2 aromatic carbocycles. The minimum absolute atomic E-state index is 0.00832. The number of ether oxygens (including phenoxy) is 1. The third kappa shape index (κ3) is 5.04. The number of nitrogens with zero attached hydrogens (tertiary/aromatic N) is 1. The van der Waals surface area contributed by atoms with Crippen molar-refractivity contribution in [1.29, 1.82) is 0 Å². The fourth-order valence-corrected chi connectivity index (χ4v) is 3.32. The predicted molar refractivity (Wildman–Crippen MR) is 115 cm³/mol. The van der Waals surface area contributed by atoms with Gasteiger partial charge in [-0.2, -0.15) is 0 Å². The molecule has 1 amide bonds. The van der Waals surface area contributed by atoms with Crippen molar-refractivity contribution in [2.45, 2.75) is 19.9 Å². The first-order valence-corrected chi connectivity index (χ1v) is 9.83. The number of carbonyl (C=O) groups excluding carboxylic acids is 1. The first-order valence-electron chi connectivity index (χ1n) is 9.83. The van der Waals surface area contributed by atoms with E-state index in [2.05, 4.69) is 22.5 Å². The minimum Gasteiger partial charge on any atom is -0.457 e. The molecule has 4 nitrogen and oxygen atoms in total. The van der Waals surface area contributed by atoms with E-state index in [9.17, 15) is 13.6 Å². The molecule has 0 saturated carbocycles. The Kier molecular flexibility index (Phi) is 5.89. The maximum Gasteiger partial charge on any atom is 0.251 e. The van der Waals surface area contributed by atoms with E-state index in [0.29, 0.717) is 22.6 Å². The van der Waals surface area contributed by atoms with Crippen LogP contribution >= 0.6 is 0 Å². The van der Waals surface area contributed by atoms with Crippen molar-refractivity contribution in [2.24, 2.45) is 0 Å². The summed E-state index contributed by atoms with van der Waals surface area (Å²) in [6.45, 7) is 1.82. The van der Waals surface area contributed by atoms with Crippen molar-refractivity contribution in [3.63, 3.8) is 0 Å². The number of carbonyl (C=O) groups is 1. The van der Waals surface area contributed by atoms with E-state index in [1.807, 2.05) is 19.1 Å². The number of nitrogens with one attached hydrogen (secondary N) is 1. The standard InChI is InChI=1S/C25H20F2N2O2/c1-16-6-7-21(31-22-8-9-28-24(14-22)18-4-2-3-5-18)13-23(16)25(30)29-15-17-10-19(26)12-20(27)11-17/h2,4-14H,3,15H2,1H3,(H,29,30). The van der Waals surface area contributed by atoms with Crippen molar-refractivity contribution in [2.75, 3.05) is 0 Å². The lowest BCUT2D eigenvalue weighted by Gasteiger charge is -2.12. The second-order valence-electron chi connectivity index (χ2n) is 7.21. The minimum atomic E-state index is -0.684. The lowest BCUT2D eigenvalue weighted by atomic mass is 10.1. The lowest BCUT2D eigenvalue weighted by molar-refractivity contribution is 0.0950. The molecule has 6 heteroatoms. The molecule has 0 atom stereocenters. The summed E-state index contributed by atoms with van der Waals surface area (Å²) in [6, 6.07) is 12.0. The van der Waals surface area contributed by atoms with Crippen LogP contribution < -0.4 is 10.1 Å². The number of benzene rings is 2. The third-order valence-corrected chi connectivity index (χ3v) is 4.86. The summed E-state index contributed by atoms with van der Waals surface area (Å²) in [5, 5.41) is 2.69. The van der Waals surface area contributed by atoms with Crippen LogP contribution in [0.15, 0.2) is 73.0 Å². The first-order chi connectivity index (χ1) is 15.0. The molecule has 0 saturated heterocycles. The van der Waals surface area contributed by atoms with Crippen molar-refractivity contribution >= 4 is 11.5 Å². The highest BCUT2D eigenvalue weighted by molar-refractivity contribution is 5.96. The summed E-state index contributed by atoms with van der Waals surface area (Å²) >= 11 is 0. The van der Waals surface area contributed by atoms with Gasteiger partial charge in [-0.05, 0) is 60.4 Å². The Labute approximate surface area is 178 Å². The average molecular weight is 418 g/mol. The molecular formula is C25H20F2N2O2. The Morgan fingerprint density at radius 2 is 1.84 bits per heavy atom. The van der Waals surface area contributed by atoms with Crippen LogP contribution in [0, 0.1) is 18.6 Å². The van der Waals surface area contributed by atoms with Gasteiger partial charge >= 0.3 is 0 Å². The summed E-state index contributed by atoms with van der Waals surface area (Å²) in [6.07, 6.45) is 8.74. The summed E-state index contributed by atoms with van der Waals surface area (Å²) in [7, 11) is 0. The summed E-state index contributed by atoms with van der Waals surface area (Å²) < 4.78 is 32.6. The number of aromatic nitrogens is 1. The van der Waals surface area contributed by atoms with E-state index >= 15 is 0 Å². The maximum absolute atomic E-state index is 13.3. The summed E-state index contributed by atoms with van der Waals surface area (Å²) in [4.78, 5) is 17.0. The Balaban J connectivity index is 1.48. The van der Waals surface area contributed by atoms with Crippen molar-refractivity contribution in [1.82, 2.24) is 10.3 Å². The summed E-state index contributed by atoms with van der Waals surface area (Å²) in [5.41, 5.74) is 3.38. The zero-order chi connectivity index (χ0) is 21.8. The van der Waals surface area contributed by atoms with Gasteiger partial charge in [0.1, 0.15) is 23.1 Å². The van der Waals surface area contributed by atoms with E-state index in [4.69, 9.17) is 4.74 Å². The van der Waals surface area contributed by atoms with Crippen molar-refractivity contribution < 1.29 is 18.3 Å². The molecular weight excluding hydrogens is 398 g/mol. The van der Waals surface area contributed by atoms with Gasteiger partial charge in [0.25, 0.3) is 5.91 Å². The SMILES string of the molecule is Cc1ccc(Oc2ccnc(C3=CCC=C3)c2)cc1C(=O)NCc1cc(F)cc(F)c1. The molecule has 1 heterocycles. The molecule has 0 spiro atoms. The van der Waals surface area contributed by atoms with Crippen LogP contribution in [0.2, 0.25) is 0 Å². The number of pyridine rings is 1. The first kappa shape index (κ1) is 20.5. The maximum atomic E-state index is 13.3. The average Bonchev–Trinajstić information content (AvgIpc) is 3.28. The van der Waals surface area contributed by atoms with Crippen LogP contribution in [0.3, 0.4) is 0 Å². The van der Waals surface area contributed by atoms with E-state index < -0.39 is 11.6 Å². The van der Waals surface area contributed by atoms with Gasteiger partial charge in [-0.3, -0.25) is 9.78 Å². The molecule has 1 N–H and O–H groups in total. The molecule has 0 fully saturated rings. The lowest BCUT2D eigenvalue weighted by Crippen LogP contribution is -2.23. The van der Waals surface area contributed by atoms with Crippen molar-refractivity contribution in [3.05, 3.63) is 107 Å². The van der Waals surface area contributed by atoms with Crippen LogP contribution in [0.5, 0.6) is 11.5 Å². The highest BCUT2D eigenvalue weighted by atomic mass is 19.1. The van der Waals surface area contributed by atoms with E-state index in [-0.39, 0.29) is 12.5 Å². The van der Waals surface area contributed by atoms with Crippen molar-refractivity contribution in [3.8, 4) is 11.5 Å². The number of aryl methyl sites for hydroxylation is 1. The molecule has 0 unspecified atom stereocenters. The third-order valence-electron chi connectivity index (χ3n) is 4.86. The Morgan fingerprint density at radius 1 is 1.06 bits per heavy atom.